The van der Waals surface area contributed by atoms with Crippen molar-refractivity contribution in [3.63, 3.8) is 0 Å². The Morgan fingerprint density at radius 1 is 0.895 bits per heavy atom. The fourth-order valence-electron chi connectivity index (χ4n) is 1.02. The molecule has 0 fully saturated rings. The lowest BCUT2D eigenvalue weighted by molar-refractivity contribution is -0.123. The quantitative estimate of drug-likeness (QED) is 0.466. The molecular formula is C13H21N3O3. The second-order valence-corrected chi connectivity index (χ2v) is 4.26. The van der Waals surface area contributed by atoms with Crippen molar-refractivity contribution in [3.05, 3.63) is 24.4 Å². The van der Waals surface area contributed by atoms with Crippen molar-refractivity contribution in [2.75, 3.05) is 26.2 Å². The zero-order chi connectivity index (χ0) is 14.8. The third-order valence-corrected chi connectivity index (χ3v) is 2.12. The smallest absolute Gasteiger partial charge is 0.234 e. The molecule has 0 radical (unpaired) electrons. The van der Waals surface area contributed by atoms with Gasteiger partial charge in [-0.15, -0.1) is 0 Å². The van der Waals surface area contributed by atoms with Gasteiger partial charge in [-0.3, -0.25) is 14.4 Å². The number of hydrogen-bond donors (Lipinski definition) is 3. The van der Waals surface area contributed by atoms with E-state index < -0.39 is 0 Å². The summed E-state index contributed by atoms with van der Waals surface area (Å²) in [5, 5.41) is 7.93. The van der Waals surface area contributed by atoms with Crippen molar-refractivity contribution >= 4 is 17.5 Å². The molecule has 19 heavy (non-hydrogen) atoms. The topological polar surface area (TPSA) is 87.3 Å². The molecule has 0 rings (SSSR count). The minimum atomic E-state index is -0.338. The maximum atomic E-state index is 11.3. The second kappa shape index (κ2) is 9.04. The van der Waals surface area contributed by atoms with Gasteiger partial charge in [-0.05, 0) is 19.4 Å². The van der Waals surface area contributed by atoms with Crippen LogP contribution in [-0.2, 0) is 14.4 Å². The lowest BCUT2D eigenvalue weighted by Gasteiger charge is -2.07. The number of rotatable bonds is 10. The SMILES string of the molecule is C=C(C)NCC(=O)CNCC(=O)NCC(=O)C(=C)C. The summed E-state index contributed by atoms with van der Waals surface area (Å²) in [6.07, 6.45) is 0. The Bertz CT molecular complexity index is 389. The van der Waals surface area contributed by atoms with Gasteiger partial charge in [0.2, 0.25) is 5.91 Å². The molecule has 1 amide bonds. The maximum absolute atomic E-state index is 11.3. The van der Waals surface area contributed by atoms with Gasteiger partial charge in [-0.25, -0.2) is 0 Å². The first-order valence-electron chi connectivity index (χ1n) is 5.90. The summed E-state index contributed by atoms with van der Waals surface area (Å²) in [5.74, 6) is -0.626. The molecule has 0 spiro atoms. The van der Waals surface area contributed by atoms with Gasteiger partial charge < -0.3 is 16.0 Å². The zero-order valence-corrected chi connectivity index (χ0v) is 11.5. The van der Waals surface area contributed by atoms with Gasteiger partial charge in [-0.2, -0.15) is 0 Å². The highest BCUT2D eigenvalue weighted by Gasteiger charge is 2.07. The Morgan fingerprint density at radius 2 is 1.53 bits per heavy atom. The van der Waals surface area contributed by atoms with Crippen LogP contribution in [0.15, 0.2) is 24.4 Å². The number of amides is 1. The van der Waals surface area contributed by atoms with Gasteiger partial charge >= 0.3 is 0 Å². The average Bonchev–Trinajstić information content (AvgIpc) is 2.33. The second-order valence-electron chi connectivity index (χ2n) is 4.26. The lowest BCUT2D eigenvalue weighted by Crippen LogP contribution is -2.39. The molecule has 0 aliphatic rings. The molecule has 3 N–H and O–H groups in total. The largest absolute Gasteiger partial charge is 0.382 e. The molecule has 6 heteroatoms. The molecule has 0 aromatic carbocycles. The van der Waals surface area contributed by atoms with E-state index in [-0.39, 0.29) is 43.7 Å². The summed E-state index contributed by atoms with van der Waals surface area (Å²) in [6, 6.07) is 0. The number of ketones is 2. The van der Waals surface area contributed by atoms with Crippen molar-refractivity contribution in [2.45, 2.75) is 13.8 Å². The number of allylic oxidation sites excluding steroid dienone is 1. The van der Waals surface area contributed by atoms with Crippen LogP contribution in [0.25, 0.3) is 0 Å². The highest BCUT2D eigenvalue weighted by Crippen LogP contribution is 1.86. The summed E-state index contributed by atoms with van der Waals surface area (Å²) >= 11 is 0. The summed E-state index contributed by atoms with van der Waals surface area (Å²) in [4.78, 5) is 33.8. The highest BCUT2D eigenvalue weighted by molar-refractivity contribution is 5.97. The summed E-state index contributed by atoms with van der Waals surface area (Å²) in [7, 11) is 0. The van der Waals surface area contributed by atoms with Crippen LogP contribution < -0.4 is 16.0 Å². The summed E-state index contributed by atoms with van der Waals surface area (Å²) < 4.78 is 0. The van der Waals surface area contributed by atoms with Gasteiger partial charge in [0.05, 0.1) is 26.2 Å². The van der Waals surface area contributed by atoms with E-state index in [0.717, 1.165) is 0 Å². The molecule has 106 valence electrons. The highest BCUT2D eigenvalue weighted by atomic mass is 16.2. The molecule has 0 saturated carbocycles. The van der Waals surface area contributed by atoms with Crippen molar-refractivity contribution in [3.8, 4) is 0 Å². The maximum Gasteiger partial charge on any atom is 0.234 e. The van der Waals surface area contributed by atoms with E-state index in [4.69, 9.17) is 0 Å². The van der Waals surface area contributed by atoms with E-state index in [1.54, 1.807) is 13.8 Å². The van der Waals surface area contributed by atoms with Crippen LogP contribution in [0.2, 0.25) is 0 Å². The Labute approximate surface area is 113 Å². The predicted octanol–water partition coefficient (Wildman–Crippen LogP) is -0.470. The summed E-state index contributed by atoms with van der Waals surface area (Å²) in [6.45, 7) is 10.6. The van der Waals surface area contributed by atoms with Gasteiger partial charge in [0.25, 0.3) is 0 Å². The molecule has 0 aliphatic carbocycles. The Kier molecular flexibility index (Phi) is 8.12. The van der Waals surface area contributed by atoms with Crippen molar-refractivity contribution < 1.29 is 14.4 Å². The molecule has 0 aromatic rings. The first-order valence-corrected chi connectivity index (χ1v) is 5.90. The van der Waals surface area contributed by atoms with Gasteiger partial charge in [0.15, 0.2) is 11.6 Å². The van der Waals surface area contributed by atoms with E-state index in [2.05, 4.69) is 29.1 Å². The van der Waals surface area contributed by atoms with E-state index in [0.29, 0.717) is 11.3 Å². The first-order chi connectivity index (χ1) is 8.82. The molecule has 0 unspecified atom stereocenters. The van der Waals surface area contributed by atoms with Crippen LogP contribution in [0.5, 0.6) is 0 Å². The molecule has 6 nitrogen and oxygen atoms in total. The third-order valence-electron chi connectivity index (χ3n) is 2.12. The van der Waals surface area contributed by atoms with Crippen molar-refractivity contribution in [1.29, 1.82) is 0 Å². The minimum Gasteiger partial charge on any atom is -0.382 e. The van der Waals surface area contributed by atoms with Crippen LogP contribution in [0.3, 0.4) is 0 Å². The monoisotopic (exact) mass is 267 g/mol. The number of carbonyl (C=O) groups excluding carboxylic acids is 3. The standard InChI is InChI=1S/C13H21N3O3/c1-9(2)12(18)7-16-13(19)8-14-5-11(17)6-15-10(3)4/h14-15H,1,3,5-8H2,2,4H3,(H,16,19). The summed E-state index contributed by atoms with van der Waals surface area (Å²) in [5.41, 5.74) is 1.11. The number of nitrogens with one attached hydrogen (secondary N) is 3. The van der Waals surface area contributed by atoms with Gasteiger partial charge in [-0.1, -0.05) is 13.2 Å². The van der Waals surface area contributed by atoms with Crippen LogP contribution in [0, 0.1) is 0 Å². The van der Waals surface area contributed by atoms with E-state index in [1.165, 1.54) is 0 Å². The number of hydrogen-bond acceptors (Lipinski definition) is 5. The Hall–Kier alpha value is -1.95. The average molecular weight is 267 g/mol. The van der Waals surface area contributed by atoms with Crippen LogP contribution in [0.4, 0.5) is 0 Å². The van der Waals surface area contributed by atoms with E-state index in [9.17, 15) is 14.4 Å². The van der Waals surface area contributed by atoms with Gasteiger partial charge in [0, 0.05) is 5.70 Å². The lowest BCUT2D eigenvalue weighted by atomic mass is 10.2. The molecule has 0 bridgehead atoms. The fourth-order valence-corrected chi connectivity index (χ4v) is 1.02. The van der Waals surface area contributed by atoms with Crippen LogP contribution >= 0.6 is 0 Å². The van der Waals surface area contributed by atoms with Crippen molar-refractivity contribution in [2.24, 2.45) is 0 Å². The predicted molar refractivity (Wildman–Crippen MR) is 73.5 cm³/mol. The third kappa shape index (κ3) is 9.72. The molecule has 0 atom stereocenters. The molecule has 0 heterocycles. The number of carbonyl (C=O) groups is 3. The van der Waals surface area contributed by atoms with Gasteiger partial charge in [0.1, 0.15) is 0 Å². The van der Waals surface area contributed by atoms with E-state index >= 15 is 0 Å². The molecule has 0 aromatic heterocycles. The minimum absolute atomic E-state index is 0.0116. The molecule has 0 aliphatic heterocycles. The fraction of sp³-hybridized carbons (Fsp3) is 0.462. The van der Waals surface area contributed by atoms with Crippen molar-refractivity contribution in [1.82, 2.24) is 16.0 Å². The van der Waals surface area contributed by atoms with Crippen LogP contribution in [-0.4, -0.2) is 43.7 Å². The molecule has 0 saturated heterocycles. The van der Waals surface area contributed by atoms with E-state index in [1.807, 2.05) is 0 Å². The zero-order valence-electron chi connectivity index (χ0n) is 11.5. The molecular weight excluding hydrogens is 246 g/mol. The number of Topliss-reactive ketones (excluding diaryl/α,β-unsaturated/α-hetero) is 2. The first kappa shape index (κ1) is 17.1. The normalized spacial score (nSPS) is 9.58. The Balaban J connectivity index is 3.69. The Morgan fingerprint density at radius 3 is 2.05 bits per heavy atom. The van der Waals surface area contributed by atoms with Crippen LogP contribution in [0.1, 0.15) is 13.8 Å².